The van der Waals surface area contributed by atoms with Gasteiger partial charge in [-0.25, -0.2) is 0 Å². The average Bonchev–Trinajstić information content (AvgIpc) is 2.33. The lowest BCUT2D eigenvalue weighted by Gasteiger charge is -2.19. The van der Waals surface area contributed by atoms with Crippen molar-refractivity contribution in [2.45, 2.75) is 31.3 Å². The van der Waals surface area contributed by atoms with E-state index < -0.39 is 16.5 Å². The second kappa shape index (κ2) is 6.39. The van der Waals surface area contributed by atoms with Crippen molar-refractivity contribution in [3.05, 3.63) is 33.9 Å². The van der Waals surface area contributed by atoms with Gasteiger partial charge in [0, 0.05) is 11.0 Å². The molecule has 0 heterocycles. The van der Waals surface area contributed by atoms with E-state index in [1.807, 2.05) is 0 Å². The van der Waals surface area contributed by atoms with Crippen LogP contribution >= 0.6 is 11.8 Å². The van der Waals surface area contributed by atoms with Gasteiger partial charge >= 0.3 is 5.97 Å². The van der Waals surface area contributed by atoms with E-state index in [4.69, 9.17) is 10.00 Å². The minimum atomic E-state index is -0.615. The predicted molar refractivity (Wildman–Crippen MR) is 74.4 cm³/mol. The van der Waals surface area contributed by atoms with Gasteiger partial charge in [-0.2, -0.15) is 5.26 Å². The first-order chi connectivity index (χ1) is 9.23. The van der Waals surface area contributed by atoms with E-state index in [1.165, 1.54) is 12.1 Å². The van der Waals surface area contributed by atoms with Crippen LogP contribution in [0.1, 0.15) is 26.3 Å². The fraction of sp³-hybridized carbons (Fsp3) is 0.385. The van der Waals surface area contributed by atoms with Crippen molar-refractivity contribution in [3.8, 4) is 6.07 Å². The number of nitro groups is 1. The molecular formula is C13H14N2O4S. The van der Waals surface area contributed by atoms with Gasteiger partial charge in [-0.05, 0) is 32.9 Å². The van der Waals surface area contributed by atoms with E-state index in [0.717, 1.165) is 11.8 Å². The zero-order chi connectivity index (χ0) is 15.3. The molecule has 0 aliphatic carbocycles. The molecule has 0 bridgehead atoms. The number of nitrogens with zero attached hydrogens (tertiary/aromatic N) is 2. The number of nitriles is 1. The van der Waals surface area contributed by atoms with E-state index >= 15 is 0 Å². The zero-order valence-electron chi connectivity index (χ0n) is 11.4. The second-order valence-corrected chi connectivity index (χ2v) is 5.97. The highest BCUT2D eigenvalue weighted by Gasteiger charge is 2.18. The summed E-state index contributed by atoms with van der Waals surface area (Å²) < 4.78 is 5.14. The Morgan fingerprint density at radius 1 is 1.50 bits per heavy atom. The molecule has 0 N–H and O–H groups in total. The Labute approximate surface area is 120 Å². The molecule has 0 fully saturated rings. The number of benzene rings is 1. The summed E-state index contributed by atoms with van der Waals surface area (Å²) in [5, 5.41) is 19.6. The molecule has 0 aliphatic heterocycles. The van der Waals surface area contributed by atoms with Gasteiger partial charge in [0.15, 0.2) is 0 Å². The first-order valence-electron chi connectivity index (χ1n) is 5.76. The van der Waals surface area contributed by atoms with Crippen molar-refractivity contribution in [1.82, 2.24) is 0 Å². The lowest BCUT2D eigenvalue weighted by atomic mass is 10.2. The minimum absolute atomic E-state index is 0.00313. The molecule has 1 aromatic carbocycles. The number of thioether (sulfide) groups is 1. The van der Waals surface area contributed by atoms with Crippen LogP contribution in [0.15, 0.2) is 23.1 Å². The smallest absolute Gasteiger partial charge is 0.316 e. The van der Waals surface area contributed by atoms with Crippen LogP contribution in [0.5, 0.6) is 0 Å². The van der Waals surface area contributed by atoms with Crippen LogP contribution in [0, 0.1) is 21.4 Å². The van der Waals surface area contributed by atoms with Gasteiger partial charge in [0.2, 0.25) is 0 Å². The summed E-state index contributed by atoms with van der Waals surface area (Å²) in [6.45, 7) is 5.30. The number of carbonyl (C=O) groups excluding carboxylic acids is 1. The number of hydrogen-bond acceptors (Lipinski definition) is 6. The van der Waals surface area contributed by atoms with Gasteiger partial charge in [-0.15, -0.1) is 11.8 Å². The topological polar surface area (TPSA) is 93.2 Å². The fourth-order valence-corrected chi connectivity index (χ4v) is 2.06. The van der Waals surface area contributed by atoms with Gasteiger partial charge in [0.25, 0.3) is 5.69 Å². The Balaban J connectivity index is 2.75. The van der Waals surface area contributed by atoms with Gasteiger partial charge < -0.3 is 4.74 Å². The molecule has 1 aromatic rings. The van der Waals surface area contributed by atoms with Gasteiger partial charge in [0.05, 0.1) is 10.7 Å². The van der Waals surface area contributed by atoms with E-state index in [0.29, 0.717) is 4.90 Å². The van der Waals surface area contributed by atoms with Crippen molar-refractivity contribution in [3.63, 3.8) is 0 Å². The monoisotopic (exact) mass is 294 g/mol. The molecule has 7 heteroatoms. The van der Waals surface area contributed by atoms with Crippen LogP contribution in [0.3, 0.4) is 0 Å². The molecule has 0 unspecified atom stereocenters. The molecule has 0 saturated heterocycles. The number of rotatable bonds is 4. The molecule has 0 radical (unpaired) electrons. The maximum absolute atomic E-state index is 11.5. The molecule has 0 atom stereocenters. The van der Waals surface area contributed by atoms with Crippen LogP contribution in [-0.4, -0.2) is 22.2 Å². The summed E-state index contributed by atoms with van der Waals surface area (Å²) in [5.74, 6) is -0.338. The first-order valence-corrected chi connectivity index (χ1v) is 6.74. The van der Waals surface area contributed by atoms with Gasteiger partial charge in [-0.3, -0.25) is 14.9 Å². The highest BCUT2D eigenvalue weighted by atomic mass is 32.2. The van der Waals surface area contributed by atoms with E-state index in [9.17, 15) is 14.9 Å². The van der Waals surface area contributed by atoms with Crippen LogP contribution in [0.2, 0.25) is 0 Å². The molecule has 106 valence electrons. The molecule has 0 aromatic heterocycles. The van der Waals surface area contributed by atoms with Crippen molar-refractivity contribution in [2.75, 3.05) is 5.75 Å². The Kier molecular flexibility index (Phi) is 5.11. The molecule has 0 saturated carbocycles. The van der Waals surface area contributed by atoms with Gasteiger partial charge in [-0.1, -0.05) is 0 Å². The van der Waals surface area contributed by atoms with E-state index in [1.54, 1.807) is 32.9 Å². The Hall–Kier alpha value is -2.07. The van der Waals surface area contributed by atoms with E-state index in [2.05, 4.69) is 0 Å². The summed E-state index contributed by atoms with van der Waals surface area (Å²) in [5.41, 5.74) is -0.827. The van der Waals surface area contributed by atoms with E-state index in [-0.39, 0.29) is 17.0 Å². The van der Waals surface area contributed by atoms with Gasteiger partial charge in [0.1, 0.15) is 17.2 Å². The summed E-state index contributed by atoms with van der Waals surface area (Å²) in [7, 11) is 0. The summed E-state index contributed by atoms with van der Waals surface area (Å²) in [6.07, 6.45) is 0. The Bertz CT molecular complexity index is 573. The molecule has 20 heavy (non-hydrogen) atoms. The third-order valence-corrected chi connectivity index (χ3v) is 3.03. The van der Waals surface area contributed by atoms with Crippen molar-refractivity contribution < 1.29 is 14.5 Å². The second-order valence-electron chi connectivity index (χ2n) is 4.92. The molecular weight excluding hydrogens is 280 g/mol. The summed E-state index contributed by atoms with van der Waals surface area (Å²) >= 11 is 1.13. The third kappa shape index (κ3) is 4.90. The number of ether oxygens (including phenoxy) is 1. The first kappa shape index (κ1) is 16.0. The minimum Gasteiger partial charge on any atom is -0.459 e. The van der Waals surface area contributed by atoms with Crippen LogP contribution < -0.4 is 0 Å². The maximum atomic E-state index is 11.5. The zero-order valence-corrected chi connectivity index (χ0v) is 12.2. The normalized spacial score (nSPS) is 10.7. The van der Waals surface area contributed by atoms with Crippen LogP contribution in [-0.2, 0) is 9.53 Å². The average molecular weight is 294 g/mol. The number of carbonyl (C=O) groups is 1. The lowest BCUT2D eigenvalue weighted by molar-refractivity contribution is -0.385. The third-order valence-electron chi connectivity index (χ3n) is 2.06. The molecule has 0 spiro atoms. The van der Waals surface area contributed by atoms with Crippen molar-refractivity contribution in [1.29, 1.82) is 5.26 Å². The molecule has 1 rings (SSSR count). The maximum Gasteiger partial charge on any atom is 0.316 e. The Morgan fingerprint density at radius 3 is 2.65 bits per heavy atom. The predicted octanol–water partition coefficient (Wildman–Crippen LogP) is 2.90. The Morgan fingerprint density at radius 2 is 2.15 bits per heavy atom. The standard InChI is InChI=1S/C13H14N2O4S/c1-13(2,3)19-12(16)8-20-10-5-4-9(7-14)11(6-10)15(17)18/h4-6H,8H2,1-3H3. The molecule has 6 nitrogen and oxygen atoms in total. The van der Waals surface area contributed by atoms with Crippen LogP contribution in [0.4, 0.5) is 5.69 Å². The molecule has 0 aliphatic rings. The lowest BCUT2D eigenvalue weighted by Crippen LogP contribution is -2.24. The van der Waals surface area contributed by atoms with Crippen molar-refractivity contribution in [2.24, 2.45) is 0 Å². The largest absolute Gasteiger partial charge is 0.459 e. The quantitative estimate of drug-likeness (QED) is 0.367. The highest BCUT2D eigenvalue weighted by molar-refractivity contribution is 8.00. The van der Waals surface area contributed by atoms with Crippen LogP contribution in [0.25, 0.3) is 0 Å². The van der Waals surface area contributed by atoms with Crippen molar-refractivity contribution >= 4 is 23.4 Å². The number of nitro benzene ring substituents is 1. The highest BCUT2D eigenvalue weighted by Crippen LogP contribution is 2.26. The number of esters is 1. The summed E-state index contributed by atoms with van der Waals surface area (Å²) in [6, 6.07) is 5.98. The molecule has 0 amide bonds. The fourth-order valence-electron chi connectivity index (χ4n) is 1.36. The number of hydrogen-bond donors (Lipinski definition) is 0. The summed E-state index contributed by atoms with van der Waals surface area (Å²) in [4.78, 5) is 22.3. The SMILES string of the molecule is CC(C)(C)OC(=O)CSc1ccc(C#N)c([N+](=O)[O-])c1.